The second kappa shape index (κ2) is 13.2. The first-order valence-corrected chi connectivity index (χ1v) is 16.5. The van der Waals surface area contributed by atoms with Gasteiger partial charge >= 0.3 is 12.1 Å². The SMILES string of the molecule is CC(C)(C)OC(=O)Cc1cccc(CCNC(=O)[C@@H]2Cc3ccccc3N2S(=O)(=O)c2ccc(-c3cccc(C(F)(F)F)c3)cc2)c1. The third-order valence-corrected chi connectivity index (χ3v) is 9.47. The molecule has 0 bridgehead atoms. The molecule has 0 fully saturated rings. The largest absolute Gasteiger partial charge is 0.460 e. The third kappa shape index (κ3) is 8.02. The van der Waals surface area contributed by atoms with Crippen molar-refractivity contribution in [3.05, 3.63) is 119 Å². The Morgan fingerprint density at radius 3 is 2.23 bits per heavy atom. The summed E-state index contributed by atoms with van der Waals surface area (Å²) < 4.78 is 74.2. The summed E-state index contributed by atoms with van der Waals surface area (Å²) in [4.78, 5) is 25.7. The number of para-hydroxylation sites is 1. The van der Waals surface area contributed by atoms with Crippen molar-refractivity contribution in [2.24, 2.45) is 0 Å². The second-order valence-electron chi connectivity index (χ2n) is 12.4. The van der Waals surface area contributed by atoms with E-state index in [-0.39, 0.29) is 30.3 Å². The number of benzene rings is 4. The van der Waals surface area contributed by atoms with Gasteiger partial charge in [-0.05, 0) is 85.3 Å². The summed E-state index contributed by atoms with van der Waals surface area (Å²) in [7, 11) is -4.24. The first-order valence-electron chi connectivity index (χ1n) is 15.1. The zero-order valence-electron chi connectivity index (χ0n) is 26.2. The molecular formula is C36H35F3N2O5S. The summed E-state index contributed by atoms with van der Waals surface area (Å²) in [6.45, 7) is 5.65. The van der Waals surface area contributed by atoms with Gasteiger partial charge in [-0.2, -0.15) is 13.2 Å². The Morgan fingerprint density at radius 2 is 1.53 bits per heavy atom. The van der Waals surface area contributed by atoms with Gasteiger partial charge in [0.25, 0.3) is 10.0 Å². The molecule has 7 nitrogen and oxygen atoms in total. The van der Waals surface area contributed by atoms with E-state index in [9.17, 15) is 31.2 Å². The molecule has 1 aliphatic heterocycles. The molecule has 246 valence electrons. The fraction of sp³-hybridized carbons (Fsp3) is 0.278. The van der Waals surface area contributed by atoms with Crippen molar-refractivity contribution < 1.29 is 35.9 Å². The van der Waals surface area contributed by atoms with Gasteiger partial charge in [-0.3, -0.25) is 13.9 Å². The van der Waals surface area contributed by atoms with Gasteiger partial charge in [0.15, 0.2) is 0 Å². The lowest BCUT2D eigenvalue weighted by Gasteiger charge is -2.26. The number of carbonyl (C=O) groups excluding carboxylic acids is 2. The van der Waals surface area contributed by atoms with E-state index in [2.05, 4.69) is 5.32 Å². The average molecular weight is 665 g/mol. The first kappa shape index (κ1) is 33.7. The van der Waals surface area contributed by atoms with Crippen LogP contribution in [-0.4, -0.2) is 38.5 Å². The van der Waals surface area contributed by atoms with Crippen molar-refractivity contribution >= 4 is 27.6 Å². The summed E-state index contributed by atoms with van der Waals surface area (Å²) in [6, 6.07) is 23.7. The number of halogens is 3. The number of alkyl halides is 3. The Bertz CT molecular complexity index is 1880. The van der Waals surface area contributed by atoms with Crippen LogP contribution in [0.3, 0.4) is 0 Å². The summed E-state index contributed by atoms with van der Waals surface area (Å²) >= 11 is 0. The Labute approximate surface area is 272 Å². The number of rotatable bonds is 9. The number of hydrogen-bond donors (Lipinski definition) is 1. The van der Waals surface area contributed by atoms with E-state index in [1.807, 2.05) is 24.3 Å². The highest BCUT2D eigenvalue weighted by Gasteiger charge is 2.42. The van der Waals surface area contributed by atoms with E-state index in [4.69, 9.17) is 4.74 Å². The fourth-order valence-electron chi connectivity index (χ4n) is 5.55. The second-order valence-corrected chi connectivity index (χ2v) is 14.2. The average Bonchev–Trinajstić information content (AvgIpc) is 3.41. The van der Waals surface area contributed by atoms with Gasteiger partial charge in [0.1, 0.15) is 11.6 Å². The number of amides is 1. The van der Waals surface area contributed by atoms with Crippen LogP contribution in [0.5, 0.6) is 0 Å². The predicted molar refractivity (Wildman–Crippen MR) is 173 cm³/mol. The van der Waals surface area contributed by atoms with Crippen molar-refractivity contribution in [3.8, 4) is 11.1 Å². The number of anilines is 1. The van der Waals surface area contributed by atoms with E-state index in [1.165, 1.54) is 36.4 Å². The monoisotopic (exact) mass is 664 g/mol. The highest BCUT2D eigenvalue weighted by molar-refractivity contribution is 7.93. The Hall–Kier alpha value is -4.64. The molecule has 4 aromatic carbocycles. The van der Waals surface area contributed by atoms with Crippen LogP contribution in [0.25, 0.3) is 11.1 Å². The van der Waals surface area contributed by atoms with E-state index in [0.29, 0.717) is 28.8 Å². The Morgan fingerprint density at radius 1 is 0.851 bits per heavy atom. The van der Waals surface area contributed by atoms with E-state index < -0.39 is 39.3 Å². The predicted octanol–water partition coefficient (Wildman–Crippen LogP) is 6.74. The smallest absolute Gasteiger partial charge is 0.416 e. The Kier molecular flexibility index (Phi) is 9.49. The van der Waals surface area contributed by atoms with Gasteiger partial charge in [0, 0.05) is 13.0 Å². The number of nitrogens with zero attached hydrogens (tertiary/aromatic N) is 1. The highest BCUT2D eigenvalue weighted by atomic mass is 32.2. The lowest BCUT2D eigenvalue weighted by Crippen LogP contribution is -2.48. The zero-order chi connectivity index (χ0) is 34.0. The summed E-state index contributed by atoms with van der Waals surface area (Å²) in [5.41, 5.74) is 2.09. The summed E-state index contributed by atoms with van der Waals surface area (Å²) in [6.07, 6.45) is -3.76. The Balaban J connectivity index is 1.30. The van der Waals surface area contributed by atoms with Crippen LogP contribution in [0.15, 0.2) is 102 Å². The topological polar surface area (TPSA) is 92.8 Å². The fourth-order valence-corrected chi connectivity index (χ4v) is 7.20. The minimum absolute atomic E-state index is 0.0930. The van der Waals surface area contributed by atoms with Crippen molar-refractivity contribution in [1.82, 2.24) is 5.32 Å². The molecule has 1 amide bonds. The molecule has 47 heavy (non-hydrogen) atoms. The molecule has 0 unspecified atom stereocenters. The van der Waals surface area contributed by atoms with E-state index in [0.717, 1.165) is 27.6 Å². The number of hydrogen-bond acceptors (Lipinski definition) is 5. The minimum atomic E-state index is -4.51. The highest BCUT2D eigenvalue weighted by Crippen LogP contribution is 2.38. The molecule has 1 heterocycles. The van der Waals surface area contributed by atoms with Crippen LogP contribution in [0.2, 0.25) is 0 Å². The molecule has 1 aliphatic rings. The normalized spacial score (nSPS) is 14.9. The number of fused-ring (bicyclic) bond motifs is 1. The van der Waals surface area contributed by atoms with Gasteiger partial charge in [-0.15, -0.1) is 0 Å². The number of ether oxygens (including phenoxy) is 1. The molecule has 5 rings (SSSR count). The van der Waals surface area contributed by atoms with Crippen molar-refractivity contribution in [2.45, 2.75) is 62.7 Å². The van der Waals surface area contributed by atoms with Crippen LogP contribution in [0.1, 0.15) is 43.0 Å². The van der Waals surface area contributed by atoms with Gasteiger partial charge in [0.2, 0.25) is 5.91 Å². The molecule has 0 spiro atoms. The minimum Gasteiger partial charge on any atom is -0.460 e. The van der Waals surface area contributed by atoms with Crippen LogP contribution in [0.4, 0.5) is 18.9 Å². The van der Waals surface area contributed by atoms with Gasteiger partial charge in [0.05, 0.1) is 22.6 Å². The van der Waals surface area contributed by atoms with E-state index in [1.54, 1.807) is 45.0 Å². The number of esters is 1. The summed E-state index contributed by atoms with van der Waals surface area (Å²) in [5.74, 6) is -0.800. The number of nitrogens with one attached hydrogen (secondary N) is 1. The maximum absolute atomic E-state index is 14.0. The standard InChI is InChI=1S/C36H35F3N2O5S/c1-35(2,3)46-33(42)21-25-9-6-8-24(20-25)18-19-40-34(43)32-23-28-10-4-5-13-31(28)41(32)47(44,45)30-16-14-26(15-17-30)27-11-7-12-29(22-27)36(37,38)39/h4-17,20,22,32H,18-19,21,23H2,1-3H3,(H,40,43)/t32-/m0/s1. The van der Waals surface area contributed by atoms with Crippen molar-refractivity contribution in [3.63, 3.8) is 0 Å². The molecule has 0 saturated carbocycles. The maximum atomic E-state index is 14.0. The maximum Gasteiger partial charge on any atom is 0.416 e. The van der Waals surface area contributed by atoms with Gasteiger partial charge in [-0.25, -0.2) is 8.42 Å². The molecule has 1 N–H and O–H groups in total. The van der Waals surface area contributed by atoms with Gasteiger partial charge in [-0.1, -0.05) is 66.7 Å². The first-order chi connectivity index (χ1) is 22.1. The molecular weight excluding hydrogens is 629 g/mol. The van der Waals surface area contributed by atoms with Crippen LogP contribution in [0, 0.1) is 0 Å². The molecule has 1 atom stereocenters. The van der Waals surface area contributed by atoms with Crippen molar-refractivity contribution in [2.75, 3.05) is 10.8 Å². The van der Waals surface area contributed by atoms with Crippen molar-refractivity contribution in [1.29, 1.82) is 0 Å². The molecule has 0 saturated heterocycles. The molecule has 0 radical (unpaired) electrons. The molecule has 0 aliphatic carbocycles. The lowest BCUT2D eigenvalue weighted by molar-refractivity contribution is -0.154. The lowest BCUT2D eigenvalue weighted by atomic mass is 10.0. The van der Waals surface area contributed by atoms with Gasteiger partial charge < -0.3 is 10.1 Å². The van der Waals surface area contributed by atoms with Crippen LogP contribution in [-0.2, 0) is 49.8 Å². The summed E-state index contributed by atoms with van der Waals surface area (Å²) in [5, 5.41) is 2.87. The molecule has 11 heteroatoms. The quantitative estimate of drug-likeness (QED) is 0.200. The zero-order valence-corrected chi connectivity index (χ0v) is 27.0. The molecule has 4 aromatic rings. The third-order valence-electron chi connectivity index (χ3n) is 7.64. The van der Waals surface area contributed by atoms with E-state index >= 15 is 0 Å². The number of sulfonamides is 1. The number of carbonyl (C=O) groups is 2. The van der Waals surface area contributed by atoms with Crippen LogP contribution >= 0.6 is 0 Å². The molecule has 0 aromatic heterocycles. The van der Waals surface area contributed by atoms with Crippen LogP contribution < -0.4 is 9.62 Å².